The first-order valence-electron chi connectivity index (χ1n) is 12.9. The molecule has 0 aromatic heterocycles. The first kappa shape index (κ1) is 24.2. The molecule has 3 fully saturated rings. The Morgan fingerprint density at radius 3 is 2.41 bits per heavy atom. The number of aliphatic hydroxyl groups is 1. The minimum Gasteiger partial charge on any atom is -0.393 e. The lowest BCUT2D eigenvalue weighted by Gasteiger charge is -2.60. The average Bonchev–Trinajstić information content (AvgIpc) is 3.06. The molecule has 4 rings (SSSR count). The summed E-state index contributed by atoms with van der Waals surface area (Å²) in [5.74, 6) is 2.21. The molecule has 180 valence electrons. The lowest BCUT2D eigenvalue weighted by Crippen LogP contribution is -2.60. The highest BCUT2D eigenvalue weighted by Crippen LogP contribution is 2.69. The maximum atomic E-state index is 13.3. The van der Waals surface area contributed by atoms with Crippen LogP contribution in [0.25, 0.3) is 0 Å². The van der Waals surface area contributed by atoms with Crippen molar-refractivity contribution in [1.29, 1.82) is 0 Å². The fourth-order valence-corrected chi connectivity index (χ4v) is 8.08. The summed E-state index contributed by atoms with van der Waals surface area (Å²) in [6.07, 6.45) is 12.2. The van der Waals surface area contributed by atoms with Crippen LogP contribution in [-0.4, -0.2) is 27.9 Å². The molecule has 4 aliphatic carbocycles. The summed E-state index contributed by atoms with van der Waals surface area (Å²) >= 11 is 0. The van der Waals surface area contributed by atoms with E-state index < -0.39 is 5.60 Å². The molecule has 3 saturated carbocycles. The van der Waals surface area contributed by atoms with Crippen LogP contribution in [0.1, 0.15) is 86.5 Å². The minimum absolute atomic E-state index is 0.114. The maximum absolute atomic E-state index is 13.3. The Hall–Kier alpha value is -0.970. The van der Waals surface area contributed by atoms with Crippen molar-refractivity contribution in [3.05, 3.63) is 23.8 Å². The van der Waals surface area contributed by atoms with Gasteiger partial charge in [0, 0.05) is 11.3 Å². The average molecular weight is 445 g/mol. The molecule has 4 nitrogen and oxygen atoms in total. The van der Waals surface area contributed by atoms with E-state index in [2.05, 4.69) is 53.7 Å². The molecule has 32 heavy (non-hydrogen) atoms. The molecule has 0 aromatic carbocycles. The van der Waals surface area contributed by atoms with Gasteiger partial charge in [-0.25, -0.2) is 4.89 Å². The molecule has 0 bridgehead atoms. The van der Waals surface area contributed by atoms with Gasteiger partial charge < -0.3 is 5.11 Å². The van der Waals surface area contributed by atoms with Gasteiger partial charge in [0.15, 0.2) is 5.78 Å². The number of ketones is 1. The van der Waals surface area contributed by atoms with E-state index in [0.29, 0.717) is 30.1 Å². The van der Waals surface area contributed by atoms with Crippen LogP contribution < -0.4 is 0 Å². The Labute approximate surface area is 194 Å². The van der Waals surface area contributed by atoms with Crippen LogP contribution in [0.15, 0.2) is 23.8 Å². The van der Waals surface area contributed by atoms with E-state index in [9.17, 15) is 15.2 Å². The Bertz CT molecular complexity index is 799. The zero-order chi connectivity index (χ0) is 23.5. The van der Waals surface area contributed by atoms with Gasteiger partial charge in [0.2, 0.25) is 0 Å². The van der Waals surface area contributed by atoms with E-state index in [1.807, 2.05) is 6.08 Å². The van der Waals surface area contributed by atoms with Gasteiger partial charge in [-0.3, -0.25) is 10.1 Å². The monoisotopic (exact) mass is 444 g/mol. The van der Waals surface area contributed by atoms with Gasteiger partial charge in [-0.05, 0) is 91.6 Å². The number of hydrogen-bond acceptors (Lipinski definition) is 4. The van der Waals surface area contributed by atoms with Gasteiger partial charge in [-0.2, -0.15) is 0 Å². The Balaban J connectivity index is 1.69. The topological polar surface area (TPSA) is 66.8 Å². The third-order valence-electron chi connectivity index (χ3n) is 10.7. The van der Waals surface area contributed by atoms with E-state index in [1.54, 1.807) is 0 Å². The third kappa shape index (κ3) is 3.39. The van der Waals surface area contributed by atoms with E-state index in [1.165, 1.54) is 0 Å². The van der Waals surface area contributed by atoms with Crippen molar-refractivity contribution in [2.75, 3.05) is 0 Å². The van der Waals surface area contributed by atoms with Crippen LogP contribution in [0, 0.1) is 46.3 Å². The standard InChI is InChI=1S/C28H44O4/c1-17(2)18(3)7-8-19(4)21-11-14-28(32-31)23-16-25(30)24-15-20(29)9-12-26(24,5)22(23)10-13-27(21,28)6/h7-8,16-22,24,29,31H,9-15H2,1-6H3/b8-7+/t18-,19+,20-,21+,22-,24+,26+,27+,28+/m0/s1. The molecule has 4 aliphatic rings. The Kier molecular flexibility index (Phi) is 6.31. The molecular formula is C28H44O4. The van der Waals surface area contributed by atoms with Crippen molar-refractivity contribution in [2.24, 2.45) is 46.3 Å². The number of fused-ring (bicyclic) bond motifs is 5. The summed E-state index contributed by atoms with van der Waals surface area (Å²) in [6, 6.07) is 0. The number of carbonyl (C=O) groups excluding carboxylic acids is 1. The van der Waals surface area contributed by atoms with Gasteiger partial charge in [0.25, 0.3) is 0 Å². The highest BCUT2D eigenvalue weighted by atomic mass is 17.1. The van der Waals surface area contributed by atoms with Crippen LogP contribution in [-0.2, 0) is 9.68 Å². The quantitative estimate of drug-likeness (QED) is 0.301. The molecule has 9 atom stereocenters. The van der Waals surface area contributed by atoms with Crippen LogP contribution in [0.3, 0.4) is 0 Å². The van der Waals surface area contributed by atoms with E-state index in [0.717, 1.165) is 44.1 Å². The lowest BCUT2D eigenvalue weighted by molar-refractivity contribution is -0.345. The van der Waals surface area contributed by atoms with Gasteiger partial charge >= 0.3 is 0 Å². The number of allylic oxidation sites excluding steroid dienone is 3. The van der Waals surface area contributed by atoms with Crippen molar-refractivity contribution in [2.45, 2.75) is 98.2 Å². The smallest absolute Gasteiger partial charge is 0.159 e. The lowest BCUT2D eigenvalue weighted by atomic mass is 9.46. The summed E-state index contributed by atoms with van der Waals surface area (Å²) in [5.41, 5.74) is -0.0783. The van der Waals surface area contributed by atoms with Crippen molar-refractivity contribution in [3.63, 3.8) is 0 Å². The molecule has 0 saturated heterocycles. The first-order valence-corrected chi connectivity index (χ1v) is 12.9. The van der Waals surface area contributed by atoms with Gasteiger partial charge in [0.05, 0.1) is 6.10 Å². The summed E-state index contributed by atoms with van der Waals surface area (Å²) in [6.45, 7) is 13.6. The molecule has 0 heterocycles. The molecule has 0 amide bonds. The molecule has 0 aliphatic heterocycles. The van der Waals surface area contributed by atoms with Gasteiger partial charge in [0.1, 0.15) is 5.60 Å². The van der Waals surface area contributed by atoms with Crippen molar-refractivity contribution in [1.82, 2.24) is 0 Å². The van der Waals surface area contributed by atoms with Crippen molar-refractivity contribution in [3.8, 4) is 0 Å². The number of carbonyl (C=O) groups is 1. The largest absolute Gasteiger partial charge is 0.393 e. The molecule has 0 unspecified atom stereocenters. The zero-order valence-electron chi connectivity index (χ0n) is 20.9. The molecular weight excluding hydrogens is 400 g/mol. The first-order chi connectivity index (χ1) is 15.0. The number of rotatable bonds is 5. The van der Waals surface area contributed by atoms with E-state index in [4.69, 9.17) is 4.89 Å². The third-order valence-corrected chi connectivity index (χ3v) is 10.7. The fraction of sp³-hybridized carbons (Fsp3) is 0.821. The number of hydrogen-bond donors (Lipinski definition) is 2. The second kappa shape index (κ2) is 8.36. The zero-order valence-corrected chi connectivity index (χ0v) is 20.9. The normalized spacial score (nSPS) is 45.9. The maximum Gasteiger partial charge on any atom is 0.159 e. The highest BCUT2D eigenvalue weighted by Gasteiger charge is 2.68. The van der Waals surface area contributed by atoms with E-state index in [-0.39, 0.29) is 34.6 Å². The summed E-state index contributed by atoms with van der Waals surface area (Å²) < 4.78 is 0. The van der Waals surface area contributed by atoms with Crippen molar-refractivity contribution < 1.29 is 20.0 Å². The second-order valence-corrected chi connectivity index (χ2v) is 12.4. The number of aliphatic hydroxyl groups excluding tert-OH is 1. The molecule has 0 radical (unpaired) electrons. The Morgan fingerprint density at radius 1 is 1.03 bits per heavy atom. The van der Waals surface area contributed by atoms with E-state index >= 15 is 0 Å². The van der Waals surface area contributed by atoms with Crippen LogP contribution in [0.2, 0.25) is 0 Å². The fourth-order valence-electron chi connectivity index (χ4n) is 8.08. The van der Waals surface area contributed by atoms with Crippen LogP contribution >= 0.6 is 0 Å². The minimum atomic E-state index is -0.772. The van der Waals surface area contributed by atoms with Crippen molar-refractivity contribution >= 4 is 5.78 Å². The second-order valence-electron chi connectivity index (χ2n) is 12.4. The van der Waals surface area contributed by atoms with Gasteiger partial charge in [-0.15, -0.1) is 0 Å². The predicted octanol–water partition coefficient (Wildman–Crippen LogP) is 6.20. The molecule has 0 aromatic rings. The predicted molar refractivity (Wildman–Crippen MR) is 127 cm³/mol. The summed E-state index contributed by atoms with van der Waals surface area (Å²) in [7, 11) is 0. The molecule has 4 heteroatoms. The molecule has 2 N–H and O–H groups in total. The molecule has 0 spiro atoms. The summed E-state index contributed by atoms with van der Waals surface area (Å²) in [4.78, 5) is 18.8. The highest BCUT2D eigenvalue weighted by molar-refractivity contribution is 5.95. The SMILES string of the molecule is CC(C)[C@@H](C)/C=C/[C@@H](C)[C@H]1CC[C@@]2(OO)C3=CC(=O)[C@H]4C[C@@H](O)CC[C@]4(C)[C@H]3CC[C@]12C. The van der Waals surface area contributed by atoms with Crippen LogP contribution in [0.5, 0.6) is 0 Å². The Morgan fingerprint density at radius 2 is 1.75 bits per heavy atom. The van der Waals surface area contributed by atoms with Gasteiger partial charge in [-0.1, -0.05) is 53.7 Å². The van der Waals surface area contributed by atoms with Crippen LogP contribution in [0.4, 0.5) is 0 Å². The summed E-state index contributed by atoms with van der Waals surface area (Å²) in [5, 5.41) is 20.7.